The van der Waals surface area contributed by atoms with E-state index >= 15 is 0 Å². The Kier molecular flexibility index (Phi) is 40.6. The molecule has 10 nitrogen and oxygen atoms in total. The first-order valence-electron chi connectivity index (χ1n) is 42.1. The van der Waals surface area contributed by atoms with Gasteiger partial charge in [0.05, 0.1) is 31.8 Å². The van der Waals surface area contributed by atoms with Gasteiger partial charge in [-0.15, -0.1) is 12.1 Å². The summed E-state index contributed by atoms with van der Waals surface area (Å²) < 4.78 is 1.98. The molecule has 0 radical (unpaired) electrons. The largest absolute Gasteiger partial charge is 0.0622 e. The van der Waals surface area contributed by atoms with Crippen molar-refractivity contribution in [2.24, 2.45) is 0 Å². The summed E-state index contributed by atoms with van der Waals surface area (Å²) in [4.78, 5) is 48.1. The fourth-order valence-corrected chi connectivity index (χ4v) is 25.0. The zero-order valence-corrected chi connectivity index (χ0v) is 84.6. The average Bonchev–Trinajstić information content (AvgIpc) is 1.72. The number of nitrogens with one attached hydrogen (secondary N) is 2. The smallest absolute Gasteiger partial charge is 0.0134 e. The zero-order chi connectivity index (χ0) is 90.8. The van der Waals surface area contributed by atoms with Crippen LogP contribution >= 0.6 is 79.6 Å². The van der Waals surface area contributed by atoms with Crippen LogP contribution in [0.1, 0.15) is 30.8 Å². The van der Waals surface area contributed by atoms with Gasteiger partial charge in [-0.1, -0.05) is 435 Å². The van der Waals surface area contributed by atoms with Gasteiger partial charge in [0.15, 0.2) is 10.3 Å². The van der Waals surface area contributed by atoms with Crippen molar-refractivity contribution < 1.29 is 46.4 Å². The molecule has 0 fully saturated rings. The van der Waals surface area contributed by atoms with Crippen molar-refractivity contribution in [1.82, 2.24) is 29.9 Å². The monoisotopic (exact) mass is 2050 g/mol. The number of thiazole rings is 2. The summed E-state index contributed by atoms with van der Waals surface area (Å²) in [5.74, 6) is 0.537. The van der Waals surface area contributed by atoms with E-state index in [9.17, 15) is 9.59 Å². The standard InChI is InChI=1S/C20H16N4OS.4C18H15P.C13H9ClN4OS.C7H7.BrH.Pd.Zn/c1-13(25)22-20-24-17-8-7-15(12-18(17)26-20)16-9-10-21-19(23-16)11-14-5-3-2-4-6-14;4*1-4-10-16(11-5-1)19(17-12-6-2-7-13-17)18-14-8-3-9-15-18;1-7(19)16-13-18-10-3-2-8(6-11(10)20-13)9-4-5-15-12(14)17-9;1-7-5-3-2-4-6-7;;;/h2-10,12H,11H2,1H3,(H,22,24,25);4*1-15H;2-6H,1H3,(H,16,18,19);2-6H,1H2;1H;;/q;;;;;;-1;;;+2/p-1. The van der Waals surface area contributed by atoms with Gasteiger partial charge in [0.25, 0.3) is 0 Å². The quantitative estimate of drug-likeness (QED) is 0.0375. The Labute approximate surface area is 822 Å². The van der Waals surface area contributed by atoms with Crippen molar-refractivity contribution in [2.45, 2.75) is 20.3 Å². The van der Waals surface area contributed by atoms with Gasteiger partial charge in [0, 0.05) is 64.2 Å². The van der Waals surface area contributed by atoms with E-state index in [4.69, 9.17) is 16.6 Å². The van der Waals surface area contributed by atoms with Crippen molar-refractivity contribution >= 4 is 186 Å². The predicted molar refractivity (Wildman–Crippen MR) is 565 cm³/mol. The van der Waals surface area contributed by atoms with Crippen LogP contribution in [0.3, 0.4) is 0 Å². The second kappa shape index (κ2) is 54.1. The first-order valence-corrected chi connectivity index (χ1v) is 56.5. The zero-order valence-electron chi connectivity index (χ0n) is 72.5. The number of fused-ring (bicyclic) bond motifs is 2. The van der Waals surface area contributed by atoms with Crippen LogP contribution in [0.15, 0.2) is 486 Å². The molecule has 0 bridgehead atoms. The molecule has 2 N–H and O–H groups in total. The molecule has 0 saturated carbocycles. The van der Waals surface area contributed by atoms with E-state index in [2.05, 4.69) is 432 Å². The molecule has 20 heteroatoms. The van der Waals surface area contributed by atoms with Crippen LogP contribution in [0.4, 0.5) is 10.3 Å². The van der Waals surface area contributed by atoms with Gasteiger partial charge < -0.3 is 10.6 Å². The molecule has 20 aromatic rings. The molecule has 0 aliphatic carbocycles. The number of rotatable bonds is 18. The number of carbonyl (C=O) groups excluding carboxylic acids is 2. The summed E-state index contributed by atoms with van der Waals surface area (Å²) in [6.45, 7) is 6.66. The summed E-state index contributed by atoms with van der Waals surface area (Å²) in [7, 11) is -1.78. The summed E-state index contributed by atoms with van der Waals surface area (Å²) in [5.41, 5.74) is 7.52. The third kappa shape index (κ3) is 30.6. The Morgan fingerprint density at radius 3 is 0.765 bits per heavy atom. The number of anilines is 2. The summed E-state index contributed by atoms with van der Waals surface area (Å²) in [6.07, 6.45) is 4.11. The SMILES string of the molecule is CC(=O)Nc1nc2ccc(-c3ccnc(Cc4ccccc4)n3)cc2s1.CC(=O)Nc1nc2ccc(-c3ccnc(Cl)n3)cc2s1.[CH2-]c1ccccc1.[Pd].[Zn+][Br].c1ccc(P(c2ccccc2)c2ccccc2)cc1.c1ccc(P(c2ccccc2)c2ccccc2)cc1.c1ccc(P(c2ccccc2)c2ccccc2)cc1.c1ccc(P(c2ccccc2)c2ccccc2)cc1. The minimum atomic E-state index is -0.446. The van der Waals surface area contributed by atoms with Crippen molar-refractivity contribution in [2.75, 3.05) is 10.6 Å². The summed E-state index contributed by atoms with van der Waals surface area (Å²) in [5, 5.41) is 23.6. The van der Waals surface area contributed by atoms with Crippen molar-refractivity contribution in [1.29, 1.82) is 0 Å². The number of carbonyl (C=O) groups is 2. The normalized spacial score (nSPS) is 10.3. The number of aromatic nitrogens is 6. The Bertz CT molecular complexity index is 5910. The number of halogens is 2. The minimum Gasteiger partial charge on any atom is -0.0622 e. The second-order valence-corrected chi connectivity index (χ2v) is 40.1. The van der Waals surface area contributed by atoms with Gasteiger partial charge in [-0.2, -0.15) is 24.6 Å². The van der Waals surface area contributed by atoms with Crippen molar-refractivity contribution in [3.8, 4) is 22.5 Å². The van der Waals surface area contributed by atoms with Gasteiger partial charge in [-0.05, 0) is 149 Å². The number of hydrogen-bond donors (Lipinski definition) is 2. The molecule has 2 amide bonds. The third-order valence-electron chi connectivity index (χ3n) is 19.5. The van der Waals surface area contributed by atoms with E-state index in [1.807, 2.05) is 91.0 Å². The Morgan fingerprint density at radius 1 is 0.311 bits per heavy atom. The molecule has 20 rings (SSSR count). The first kappa shape index (κ1) is 99.1. The summed E-state index contributed by atoms with van der Waals surface area (Å²) in [6, 6.07) is 165. The number of nitrogens with zero attached hydrogens (tertiary/aromatic N) is 6. The van der Waals surface area contributed by atoms with Crippen LogP contribution in [-0.4, -0.2) is 41.7 Å². The molecular weight excluding hydrogens is 1960 g/mol. The topological polar surface area (TPSA) is 136 Å². The molecule has 0 aliphatic rings. The molecule has 0 saturated heterocycles. The molecule has 0 atom stereocenters. The van der Waals surface area contributed by atoms with Crippen LogP contribution in [0.5, 0.6) is 0 Å². The fourth-order valence-electron chi connectivity index (χ4n) is 13.7. The minimum absolute atomic E-state index is 0. The van der Waals surface area contributed by atoms with E-state index in [1.165, 1.54) is 122 Å². The maximum Gasteiger partial charge on any atom is -0.0134 e. The number of amides is 2. The number of benzene rings is 16. The summed E-state index contributed by atoms with van der Waals surface area (Å²) >= 11 is 12.9. The van der Waals surface area contributed by atoms with Crippen molar-refractivity contribution in [3.63, 3.8) is 0 Å². The molecule has 4 heterocycles. The fraction of sp³-hybridized carbons (Fsp3) is 0.0268. The van der Waals surface area contributed by atoms with E-state index in [-0.39, 0.29) is 37.5 Å². The van der Waals surface area contributed by atoms with Gasteiger partial charge >= 0.3 is 30.0 Å². The van der Waals surface area contributed by atoms with Gasteiger partial charge in [0.1, 0.15) is 5.82 Å². The molecule has 650 valence electrons. The molecule has 0 spiro atoms. The second-order valence-electron chi connectivity index (χ2n) is 28.9. The molecule has 4 aromatic heterocycles. The van der Waals surface area contributed by atoms with E-state index in [0.717, 1.165) is 54.3 Å². The van der Waals surface area contributed by atoms with Crippen LogP contribution in [-0.2, 0) is 52.8 Å². The molecule has 0 unspecified atom stereocenters. The molecule has 0 aliphatic heterocycles. The maximum atomic E-state index is 11.2. The average molecular weight is 2060 g/mol. The predicted octanol–water partition coefficient (Wildman–Crippen LogP) is 24.2. The van der Waals surface area contributed by atoms with Gasteiger partial charge in [-0.25, -0.2) is 29.9 Å². The first-order chi connectivity index (χ1) is 64.5. The van der Waals surface area contributed by atoms with Crippen LogP contribution in [0.25, 0.3) is 42.9 Å². The van der Waals surface area contributed by atoms with Crippen LogP contribution in [0.2, 0.25) is 5.28 Å². The van der Waals surface area contributed by atoms with Crippen molar-refractivity contribution in [3.05, 3.63) is 515 Å². The van der Waals surface area contributed by atoms with Crippen LogP contribution in [0, 0.1) is 6.92 Å². The molecule has 16 aromatic carbocycles. The Balaban J connectivity index is 0.000000140. The van der Waals surface area contributed by atoms with Crippen LogP contribution < -0.4 is 74.3 Å². The molecule has 132 heavy (non-hydrogen) atoms. The number of hydrogen-bond acceptors (Lipinski definition) is 10. The maximum absolute atomic E-state index is 11.2. The third-order valence-corrected chi connectivity index (χ3v) is 31.3. The van der Waals surface area contributed by atoms with E-state index in [1.54, 1.807) is 18.5 Å². The Morgan fingerprint density at radius 2 is 0.538 bits per heavy atom. The Hall–Kier alpha value is -12.0. The van der Waals surface area contributed by atoms with E-state index < -0.39 is 31.7 Å². The molecular formula is C112H92BrClN8O2P4PdS2Zn. The van der Waals surface area contributed by atoms with E-state index in [0.29, 0.717) is 16.7 Å². The van der Waals surface area contributed by atoms with Gasteiger partial charge in [-0.3, -0.25) is 9.59 Å². The van der Waals surface area contributed by atoms with Gasteiger partial charge in [0.2, 0.25) is 17.1 Å².